The lowest BCUT2D eigenvalue weighted by molar-refractivity contribution is 0.0972. The lowest BCUT2D eigenvalue weighted by atomic mass is 10.0. The zero-order valence-electron chi connectivity index (χ0n) is 10.6. The molecule has 0 aliphatic rings. The summed E-state index contributed by atoms with van der Waals surface area (Å²) in [5.41, 5.74) is -0.0797. The van der Waals surface area contributed by atoms with Crippen molar-refractivity contribution in [3.05, 3.63) is 11.6 Å². The molecule has 100 valence electrons. The molecule has 0 heterocycles. The highest BCUT2D eigenvalue weighted by molar-refractivity contribution is 6.02. The van der Waals surface area contributed by atoms with Crippen molar-refractivity contribution >= 4 is 5.78 Å². The molecule has 0 unspecified atom stereocenters. The molecule has 0 aromatic heterocycles. The van der Waals surface area contributed by atoms with Crippen LogP contribution in [0.3, 0.4) is 0 Å². The van der Waals surface area contributed by atoms with Gasteiger partial charge in [0.15, 0.2) is 17.3 Å². The van der Waals surface area contributed by atoms with Crippen LogP contribution in [0.15, 0.2) is 6.07 Å². The Bertz CT molecular complexity index is 439. The smallest absolute Gasteiger partial charge is 0.201 e. The fourth-order valence-corrected chi connectivity index (χ4v) is 1.71. The van der Waals surface area contributed by atoms with Crippen molar-refractivity contribution in [3.63, 3.8) is 0 Å². The van der Waals surface area contributed by atoms with Gasteiger partial charge in [0.1, 0.15) is 11.3 Å². The molecule has 0 aliphatic heterocycles. The van der Waals surface area contributed by atoms with E-state index >= 15 is 0 Å². The fraction of sp³-hybridized carbons (Fsp3) is 0.462. The summed E-state index contributed by atoms with van der Waals surface area (Å²) in [7, 11) is 1.33. The molecule has 0 saturated heterocycles. The summed E-state index contributed by atoms with van der Waals surface area (Å²) in [5.74, 6) is -2.10. The number of Topliss-reactive ketones (excluding diaryl/α,β-unsaturated/α-hetero) is 1. The second-order valence-electron chi connectivity index (χ2n) is 4.05. The van der Waals surface area contributed by atoms with E-state index < -0.39 is 17.2 Å². The molecule has 0 saturated carbocycles. The van der Waals surface area contributed by atoms with Crippen LogP contribution in [0.1, 0.15) is 43.0 Å². The van der Waals surface area contributed by atoms with Crippen LogP contribution < -0.4 is 4.74 Å². The van der Waals surface area contributed by atoms with E-state index in [4.69, 9.17) is 4.74 Å². The lowest BCUT2D eigenvalue weighted by Crippen LogP contribution is -2.03. The Morgan fingerprint density at radius 3 is 2.44 bits per heavy atom. The van der Waals surface area contributed by atoms with Gasteiger partial charge in [-0.2, -0.15) is 0 Å². The molecule has 0 atom stereocenters. The summed E-state index contributed by atoms with van der Waals surface area (Å²) in [6, 6.07) is 1.11. The Morgan fingerprint density at radius 1 is 1.22 bits per heavy atom. The number of phenols is 3. The predicted molar refractivity (Wildman–Crippen MR) is 66.5 cm³/mol. The number of unbranched alkanes of at least 4 members (excludes halogenated alkanes) is 2. The third-order valence-corrected chi connectivity index (χ3v) is 2.72. The van der Waals surface area contributed by atoms with E-state index in [0.29, 0.717) is 6.42 Å². The van der Waals surface area contributed by atoms with Gasteiger partial charge in [0.25, 0.3) is 0 Å². The van der Waals surface area contributed by atoms with E-state index in [1.54, 1.807) is 0 Å². The second-order valence-corrected chi connectivity index (χ2v) is 4.05. The highest BCUT2D eigenvalue weighted by atomic mass is 16.5. The number of methoxy groups -OCH3 is 1. The fourth-order valence-electron chi connectivity index (χ4n) is 1.71. The molecule has 0 amide bonds. The molecule has 0 aliphatic carbocycles. The molecular weight excluding hydrogens is 236 g/mol. The summed E-state index contributed by atoms with van der Waals surface area (Å²) in [6.07, 6.45) is 2.87. The zero-order chi connectivity index (χ0) is 13.7. The molecule has 1 aromatic rings. The number of carbonyl (C=O) groups excluding carboxylic acids is 1. The van der Waals surface area contributed by atoms with E-state index in [1.807, 2.05) is 6.92 Å². The Kier molecular flexibility index (Phi) is 4.83. The predicted octanol–water partition coefficient (Wildman–Crippen LogP) is 2.58. The molecule has 0 radical (unpaired) electrons. The average molecular weight is 254 g/mol. The van der Waals surface area contributed by atoms with Gasteiger partial charge in [0.2, 0.25) is 5.75 Å². The Morgan fingerprint density at radius 2 is 1.89 bits per heavy atom. The maximum atomic E-state index is 12.0. The van der Waals surface area contributed by atoms with Gasteiger partial charge < -0.3 is 20.1 Å². The highest BCUT2D eigenvalue weighted by Crippen LogP contribution is 2.43. The first-order valence-corrected chi connectivity index (χ1v) is 5.88. The number of ether oxygens (including phenoxy) is 1. The quantitative estimate of drug-likeness (QED) is 0.412. The molecule has 1 rings (SSSR count). The van der Waals surface area contributed by atoms with Gasteiger partial charge in [0.05, 0.1) is 7.11 Å². The summed E-state index contributed by atoms with van der Waals surface area (Å²) in [5, 5.41) is 28.5. The first kappa shape index (κ1) is 14.2. The Labute approximate surface area is 106 Å². The number of phenolic OH excluding ortho intramolecular Hbond substituents is 3. The van der Waals surface area contributed by atoms with Crippen LogP contribution in [-0.4, -0.2) is 28.2 Å². The van der Waals surface area contributed by atoms with Crippen molar-refractivity contribution in [2.45, 2.75) is 32.6 Å². The maximum absolute atomic E-state index is 12.0. The van der Waals surface area contributed by atoms with E-state index in [-0.39, 0.29) is 23.5 Å². The van der Waals surface area contributed by atoms with E-state index in [9.17, 15) is 20.1 Å². The number of hydrogen-bond acceptors (Lipinski definition) is 5. The Balaban J connectivity index is 3.06. The number of aromatic hydroxyl groups is 3. The van der Waals surface area contributed by atoms with Crippen molar-refractivity contribution in [1.29, 1.82) is 0 Å². The van der Waals surface area contributed by atoms with Crippen LogP contribution in [0.2, 0.25) is 0 Å². The summed E-state index contributed by atoms with van der Waals surface area (Å²) in [4.78, 5) is 12.0. The van der Waals surface area contributed by atoms with Crippen LogP contribution in [0.5, 0.6) is 23.0 Å². The number of ketones is 1. The largest absolute Gasteiger partial charge is 0.504 e. The summed E-state index contributed by atoms with van der Waals surface area (Å²) < 4.78 is 4.94. The molecule has 5 nitrogen and oxygen atoms in total. The van der Waals surface area contributed by atoms with Crippen molar-refractivity contribution in [2.75, 3.05) is 7.11 Å². The van der Waals surface area contributed by atoms with Crippen LogP contribution >= 0.6 is 0 Å². The van der Waals surface area contributed by atoms with Gasteiger partial charge in [-0.1, -0.05) is 19.8 Å². The molecule has 18 heavy (non-hydrogen) atoms. The topological polar surface area (TPSA) is 87.0 Å². The van der Waals surface area contributed by atoms with Gasteiger partial charge in [0, 0.05) is 12.5 Å². The van der Waals surface area contributed by atoms with E-state index in [1.165, 1.54) is 7.11 Å². The van der Waals surface area contributed by atoms with Crippen molar-refractivity contribution in [3.8, 4) is 23.0 Å². The average Bonchev–Trinajstić information content (AvgIpc) is 2.35. The van der Waals surface area contributed by atoms with E-state index in [2.05, 4.69) is 0 Å². The Hall–Kier alpha value is -1.91. The molecule has 5 heteroatoms. The first-order chi connectivity index (χ1) is 8.52. The van der Waals surface area contributed by atoms with Crippen molar-refractivity contribution in [2.24, 2.45) is 0 Å². The highest BCUT2D eigenvalue weighted by Gasteiger charge is 2.22. The molecule has 0 spiro atoms. The monoisotopic (exact) mass is 254 g/mol. The van der Waals surface area contributed by atoms with Crippen LogP contribution in [0.4, 0.5) is 0 Å². The van der Waals surface area contributed by atoms with Gasteiger partial charge in [-0.15, -0.1) is 0 Å². The van der Waals surface area contributed by atoms with E-state index in [0.717, 1.165) is 18.9 Å². The number of carbonyl (C=O) groups is 1. The van der Waals surface area contributed by atoms with Crippen LogP contribution in [0, 0.1) is 0 Å². The number of rotatable bonds is 6. The second kappa shape index (κ2) is 6.14. The normalized spacial score (nSPS) is 10.3. The minimum Gasteiger partial charge on any atom is -0.504 e. The SMILES string of the molecule is CCCCCC(=O)c1c(OC)cc(O)c(O)c1O. The number of hydrogen-bond donors (Lipinski definition) is 3. The number of benzene rings is 1. The lowest BCUT2D eigenvalue weighted by Gasteiger charge is -2.12. The van der Waals surface area contributed by atoms with Gasteiger partial charge >= 0.3 is 0 Å². The first-order valence-electron chi connectivity index (χ1n) is 5.88. The van der Waals surface area contributed by atoms with Crippen LogP contribution in [-0.2, 0) is 0 Å². The summed E-state index contributed by atoms with van der Waals surface area (Å²) >= 11 is 0. The molecule has 0 bridgehead atoms. The van der Waals surface area contributed by atoms with Gasteiger partial charge in [-0.25, -0.2) is 0 Å². The standard InChI is InChI=1S/C13H18O5/c1-3-4-5-6-8(14)11-10(18-2)7-9(15)12(16)13(11)17/h7,15-17H,3-6H2,1-2H3. The molecule has 0 fully saturated rings. The minimum atomic E-state index is -0.699. The maximum Gasteiger partial charge on any atom is 0.201 e. The third kappa shape index (κ3) is 2.85. The van der Waals surface area contributed by atoms with Crippen LogP contribution in [0.25, 0.3) is 0 Å². The van der Waals surface area contributed by atoms with Crippen molar-refractivity contribution < 1.29 is 24.9 Å². The third-order valence-electron chi connectivity index (χ3n) is 2.72. The van der Waals surface area contributed by atoms with Gasteiger partial charge in [-0.05, 0) is 6.42 Å². The summed E-state index contributed by atoms with van der Waals surface area (Å²) in [6.45, 7) is 2.02. The molecule has 1 aromatic carbocycles. The zero-order valence-corrected chi connectivity index (χ0v) is 10.6. The minimum absolute atomic E-state index is 0.0595. The molecule has 3 N–H and O–H groups in total. The van der Waals surface area contributed by atoms with Gasteiger partial charge in [-0.3, -0.25) is 4.79 Å². The van der Waals surface area contributed by atoms with Crippen molar-refractivity contribution in [1.82, 2.24) is 0 Å². The molecular formula is C13H18O5.